The van der Waals surface area contributed by atoms with Crippen molar-refractivity contribution in [1.82, 2.24) is 10.6 Å². The smallest absolute Gasteiger partial charge is 0.261 e. The van der Waals surface area contributed by atoms with Crippen molar-refractivity contribution < 1.29 is 13.9 Å². The van der Waals surface area contributed by atoms with Crippen LogP contribution in [0.1, 0.15) is 18.2 Å². The summed E-state index contributed by atoms with van der Waals surface area (Å²) < 4.78 is 10.9. The first kappa shape index (κ1) is 15.1. The fraction of sp³-hybridized carbons (Fsp3) is 0.312. The molecule has 0 saturated carbocycles. The number of para-hydroxylation sites is 1. The number of nitrogens with one attached hydrogen (secondary N) is 2. The second kappa shape index (κ2) is 7.50. The van der Waals surface area contributed by atoms with Crippen LogP contribution in [0.3, 0.4) is 0 Å². The zero-order valence-corrected chi connectivity index (χ0v) is 12.3. The molecule has 1 aromatic carbocycles. The van der Waals surface area contributed by atoms with Gasteiger partial charge in [0.05, 0.1) is 12.8 Å². The van der Waals surface area contributed by atoms with E-state index in [0.29, 0.717) is 24.6 Å². The molecule has 0 spiro atoms. The Kier molecular flexibility index (Phi) is 5.40. The molecule has 5 nitrogen and oxygen atoms in total. The molecule has 1 atom stereocenters. The Morgan fingerprint density at radius 1 is 1.24 bits per heavy atom. The molecule has 0 aliphatic heterocycles. The summed E-state index contributed by atoms with van der Waals surface area (Å²) in [5, 5.41) is 5.86. The maximum atomic E-state index is 12.0. The Labute approximate surface area is 124 Å². The highest BCUT2D eigenvalue weighted by Gasteiger charge is 2.16. The molecule has 1 amide bonds. The number of benzene rings is 1. The molecule has 0 fully saturated rings. The molecular formula is C16H20N2O3. The van der Waals surface area contributed by atoms with Gasteiger partial charge in [-0.2, -0.15) is 0 Å². The van der Waals surface area contributed by atoms with E-state index in [-0.39, 0.29) is 5.91 Å². The number of amides is 1. The summed E-state index contributed by atoms with van der Waals surface area (Å²) in [5.74, 6) is 1.25. The number of carbonyl (C=O) groups excluding carboxylic acids is 1. The third-order valence-electron chi connectivity index (χ3n) is 3.03. The van der Waals surface area contributed by atoms with Gasteiger partial charge in [0.15, 0.2) is 6.10 Å². The van der Waals surface area contributed by atoms with Gasteiger partial charge in [0, 0.05) is 12.1 Å². The van der Waals surface area contributed by atoms with Crippen molar-refractivity contribution in [1.29, 1.82) is 0 Å². The van der Waals surface area contributed by atoms with Gasteiger partial charge in [-0.25, -0.2) is 0 Å². The molecule has 0 radical (unpaired) electrons. The van der Waals surface area contributed by atoms with Crippen molar-refractivity contribution in [3.05, 3.63) is 54.0 Å². The van der Waals surface area contributed by atoms with Crippen LogP contribution in [-0.2, 0) is 17.9 Å². The average Bonchev–Trinajstić information content (AvgIpc) is 3.00. The SMILES string of the molecule is CNCc1ccccc1OC(C)C(=O)NCc1ccco1. The molecule has 1 aromatic heterocycles. The topological polar surface area (TPSA) is 63.5 Å². The largest absolute Gasteiger partial charge is 0.481 e. The maximum Gasteiger partial charge on any atom is 0.261 e. The first-order chi connectivity index (χ1) is 10.2. The highest BCUT2D eigenvalue weighted by atomic mass is 16.5. The summed E-state index contributed by atoms with van der Waals surface area (Å²) in [6, 6.07) is 11.3. The third kappa shape index (κ3) is 4.36. The molecule has 1 unspecified atom stereocenters. The predicted molar refractivity (Wildman–Crippen MR) is 79.9 cm³/mol. The Bertz CT molecular complexity index is 567. The van der Waals surface area contributed by atoms with E-state index in [4.69, 9.17) is 9.15 Å². The van der Waals surface area contributed by atoms with E-state index in [0.717, 1.165) is 5.56 Å². The fourth-order valence-corrected chi connectivity index (χ4v) is 1.93. The summed E-state index contributed by atoms with van der Waals surface area (Å²) in [5.41, 5.74) is 1.02. The van der Waals surface area contributed by atoms with E-state index in [1.54, 1.807) is 19.3 Å². The Hall–Kier alpha value is -2.27. The van der Waals surface area contributed by atoms with Crippen molar-refractivity contribution >= 4 is 5.91 Å². The highest BCUT2D eigenvalue weighted by molar-refractivity contribution is 5.80. The number of carbonyl (C=O) groups is 1. The van der Waals surface area contributed by atoms with Crippen LogP contribution >= 0.6 is 0 Å². The molecule has 0 bridgehead atoms. The van der Waals surface area contributed by atoms with Crippen molar-refractivity contribution in [2.24, 2.45) is 0 Å². The zero-order chi connectivity index (χ0) is 15.1. The fourth-order valence-electron chi connectivity index (χ4n) is 1.93. The monoisotopic (exact) mass is 288 g/mol. The van der Waals surface area contributed by atoms with Gasteiger partial charge in [-0.1, -0.05) is 18.2 Å². The van der Waals surface area contributed by atoms with Crippen LogP contribution in [0.15, 0.2) is 47.1 Å². The van der Waals surface area contributed by atoms with Gasteiger partial charge in [-0.05, 0) is 32.2 Å². The summed E-state index contributed by atoms with van der Waals surface area (Å²) in [6.45, 7) is 2.78. The van der Waals surface area contributed by atoms with Gasteiger partial charge in [-0.15, -0.1) is 0 Å². The van der Waals surface area contributed by atoms with Crippen molar-refractivity contribution in [2.45, 2.75) is 26.1 Å². The van der Waals surface area contributed by atoms with E-state index >= 15 is 0 Å². The molecule has 112 valence electrons. The summed E-state index contributed by atoms with van der Waals surface area (Å²) in [7, 11) is 1.87. The average molecular weight is 288 g/mol. The van der Waals surface area contributed by atoms with Crippen LogP contribution < -0.4 is 15.4 Å². The number of hydrogen-bond acceptors (Lipinski definition) is 4. The van der Waals surface area contributed by atoms with Crippen LogP contribution in [0.2, 0.25) is 0 Å². The normalized spacial score (nSPS) is 11.9. The number of hydrogen-bond donors (Lipinski definition) is 2. The Morgan fingerprint density at radius 3 is 2.76 bits per heavy atom. The molecule has 2 rings (SSSR count). The van der Waals surface area contributed by atoms with Crippen molar-refractivity contribution in [3.8, 4) is 5.75 Å². The van der Waals surface area contributed by atoms with E-state index < -0.39 is 6.10 Å². The molecule has 0 aliphatic rings. The van der Waals surface area contributed by atoms with Gasteiger partial charge < -0.3 is 19.8 Å². The van der Waals surface area contributed by atoms with Crippen LogP contribution in [0.5, 0.6) is 5.75 Å². The lowest BCUT2D eigenvalue weighted by molar-refractivity contribution is -0.127. The van der Waals surface area contributed by atoms with Gasteiger partial charge in [-0.3, -0.25) is 4.79 Å². The first-order valence-corrected chi connectivity index (χ1v) is 6.90. The minimum absolute atomic E-state index is 0.175. The molecule has 0 aliphatic carbocycles. The lowest BCUT2D eigenvalue weighted by atomic mass is 10.2. The number of furan rings is 1. The Balaban J connectivity index is 1.91. The lowest BCUT2D eigenvalue weighted by Crippen LogP contribution is -2.36. The molecule has 2 aromatic rings. The molecule has 2 N–H and O–H groups in total. The molecular weight excluding hydrogens is 268 g/mol. The van der Waals surface area contributed by atoms with E-state index in [1.807, 2.05) is 37.4 Å². The summed E-state index contributed by atoms with van der Waals surface area (Å²) in [4.78, 5) is 12.0. The predicted octanol–water partition coefficient (Wildman–Crippen LogP) is 2.08. The standard InChI is InChI=1S/C16H20N2O3/c1-12(16(19)18-11-14-7-5-9-20-14)21-15-8-4-3-6-13(15)10-17-2/h3-9,12,17H,10-11H2,1-2H3,(H,18,19). The van der Waals surface area contributed by atoms with Crippen LogP contribution in [0.25, 0.3) is 0 Å². The van der Waals surface area contributed by atoms with Crippen LogP contribution in [0, 0.1) is 0 Å². The van der Waals surface area contributed by atoms with E-state index in [2.05, 4.69) is 10.6 Å². The molecule has 1 heterocycles. The van der Waals surface area contributed by atoms with Gasteiger partial charge in [0.2, 0.25) is 0 Å². The minimum Gasteiger partial charge on any atom is -0.481 e. The van der Waals surface area contributed by atoms with E-state index in [9.17, 15) is 4.79 Å². The first-order valence-electron chi connectivity index (χ1n) is 6.90. The number of rotatable bonds is 7. The zero-order valence-electron chi connectivity index (χ0n) is 12.3. The highest BCUT2D eigenvalue weighted by Crippen LogP contribution is 2.19. The van der Waals surface area contributed by atoms with E-state index in [1.165, 1.54) is 0 Å². The second-order valence-electron chi connectivity index (χ2n) is 4.70. The maximum absolute atomic E-state index is 12.0. The molecule has 5 heteroatoms. The van der Waals surface area contributed by atoms with Gasteiger partial charge >= 0.3 is 0 Å². The Morgan fingerprint density at radius 2 is 2.05 bits per heavy atom. The van der Waals surface area contributed by atoms with Crippen molar-refractivity contribution in [2.75, 3.05) is 7.05 Å². The lowest BCUT2D eigenvalue weighted by Gasteiger charge is -2.17. The van der Waals surface area contributed by atoms with Gasteiger partial charge in [0.25, 0.3) is 5.91 Å². The summed E-state index contributed by atoms with van der Waals surface area (Å²) in [6.07, 6.45) is 1.01. The molecule has 0 saturated heterocycles. The van der Waals surface area contributed by atoms with Crippen LogP contribution in [-0.4, -0.2) is 19.1 Å². The summed E-state index contributed by atoms with van der Waals surface area (Å²) >= 11 is 0. The molecule has 21 heavy (non-hydrogen) atoms. The quantitative estimate of drug-likeness (QED) is 0.819. The third-order valence-corrected chi connectivity index (χ3v) is 3.03. The second-order valence-corrected chi connectivity index (χ2v) is 4.70. The van der Waals surface area contributed by atoms with Crippen LogP contribution in [0.4, 0.5) is 0 Å². The van der Waals surface area contributed by atoms with Gasteiger partial charge in [0.1, 0.15) is 11.5 Å². The number of ether oxygens (including phenoxy) is 1. The van der Waals surface area contributed by atoms with Crippen molar-refractivity contribution in [3.63, 3.8) is 0 Å². The minimum atomic E-state index is -0.571.